The Morgan fingerprint density at radius 3 is 1.86 bits per heavy atom. The molecule has 0 heterocycles. The van der Waals surface area contributed by atoms with E-state index in [1.165, 1.54) is 0 Å². The van der Waals surface area contributed by atoms with Gasteiger partial charge in [-0.2, -0.15) is 0 Å². The second kappa shape index (κ2) is 4.87. The van der Waals surface area contributed by atoms with Crippen molar-refractivity contribution in [3.8, 4) is 0 Å². The van der Waals surface area contributed by atoms with Crippen LogP contribution in [0.15, 0.2) is 0 Å². The van der Waals surface area contributed by atoms with Gasteiger partial charge in [-0.25, -0.2) is 0 Å². The molecule has 0 amide bonds. The molecule has 0 saturated carbocycles. The molecule has 0 N–H and O–H groups in total. The zero-order chi connectivity index (χ0) is 11.6. The lowest BCUT2D eigenvalue weighted by atomic mass is 10.7. The first-order chi connectivity index (χ1) is 6.02. The minimum Gasteiger partial charge on any atom is -0.539 e. The molecular formula is C9H23NOSSi2. The van der Waals surface area contributed by atoms with Gasteiger partial charge in [0.05, 0.1) is 6.54 Å². The summed E-state index contributed by atoms with van der Waals surface area (Å²) in [6, 6.07) is 0. The molecule has 14 heavy (non-hydrogen) atoms. The van der Waals surface area contributed by atoms with Crippen molar-refractivity contribution < 1.29 is 4.43 Å². The van der Waals surface area contributed by atoms with Crippen molar-refractivity contribution in [1.29, 1.82) is 0 Å². The van der Waals surface area contributed by atoms with E-state index in [0.29, 0.717) is 0 Å². The van der Waals surface area contributed by atoms with Crippen LogP contribution in [-0.2, 0) is 4.43 Å². The van der Waals surface area contributed by atoms with Crippen molar-refractivity contribution in [2.75, 3.05) is 13.6 Å². The lowest BCUT2D eigenvalue weighted by molar-refractivity contribution is 0.497. The van der Waals surface area contributed by atoms with Crippen molar-refractivity contribution >= 4 is 33.8 Å². The molecule has 0 spiro atoms. The van der Waals surface area contributed by atoms with Crippen molar-refractivity contribution in [1.82, 2.24) is 4.57 Å². The average molecular weight is 250 g/mol. The van der Waals surface area contributed by atoms with Gasteiger partial charge in [-0.05, 0) is 38.9 Å². The highest BCUT2D eigenvalue weighted by Gasteiger charge is 2.23. The van der Waals surface area contributed by atoms with E-state index >= 15 is 0 Å². The highest BCUT2D eigenvalue weighted by atomic mass is 32.1. The third-order valence-electron chi connectivity index (χ3n) is 1.93. The Morgan fingerprint density at radius 1 is 1.14 bits per heavy atom. The highest BCUT2D eigenvalue weighted by Crippen LogP contribution is 2.09. The number of hydrogen-bond acceptors (Lipinski definition) is 3. The fourth-order valence-electron chi connectivity index (χ4n) is 0.805. The standard InChI is InChI=1S/C9H23NOSSi2/c1-10(13(2,3)4)8-9(12)11-14(5,6)7/h8H2,1-7H3. The van der Waals surface area contributed by atoms with Crippen LogP contribution in [0.2, 0.25) is 39.3 Å². The first-order valence-corrected chi connectivity index (χ1v) is 12.2. The Bertz CT molecular complexity index is 208. The predicted molar refractivity (Wildman–Crippen MR) is 73.0 cm³/mol. The molecule has 0 radical (unpaired) electrons. The minimum absolute atomic E-state index is 0.758. The third kappa shape index (κ3) is 6.70. The number of likely N-dealkylation sites (N-methyl/N-ethyl adjacent to an activating group) is 1. The van der Waals surface area contributed by atoms with Crippen LogP contribution in [0, 0.1) is 0 Å². The maximum atomic E-state index is 5.75. The van der Waals surface area contributed by atoms with E-state index in [0.717, 1.165) is 11.6 Å². The van der Waals surface area contributed by atoms with Gasteiger partial charge in [-0.3, -0.25) is 0 Å². The number of hydrogen-bond donors (Lipinski definition) is 0. The molecule has 5 heteroatoms. The van der Waals surface area contributed by atoms with E-state index in [2.05, 4.69) is 50.9 Å². The zero-order valence-corrected chi connectivity index (χ0v) is 13.3. The largest absolute Gasteiger partial charge is 0.539 e. The van der Waals surface area contributed by atoms with Crippen molar-refractivity contribution in [2.24, 2.45) is 0 Å². The van der Waals surface area contributed by atoms with Gasteiger partial charge in [-0.1, -0.05) is 19.6 Å². The van der Waals surface area contributed by atoms with E-state index in [4.69, 9.17) is 16.6 Å². The number of thiocarbonyl (C=S) groups is 1. The van der Waals surface area contributed by atoms with Crippen LogP contribution in [0.4, 0.5) is 0 Å². The van der Waals surface area contributed by atoms with Crippen LogP contribution in [-0.4, -0.2) is 39.8 Å². The van der Waals surface area contributed by atoms with Gasteiger partial charge in [0.1, 0.15) is 8.24 Å². The monoisotopic (exact) mass is 249 g/mol. The fourth-order valence-corrected chi connectivity index (χ4v) is 3.23. The maximum absolute atomic E-state index is 5.75. The molecule has 2 nitrogen and oxygen atoms in total. The molecule has 0 saturated heterocycles. The molecule has 0 unspecified atom stereocenters. The molecule has 0 aliphatic rings. The van der Waals surface area contributed by atoms with Crippen LogP contribution in [0.1, 0.15) is 0 Å². The van der Waals surface area contributed by atoms with Crippen LogP contribution >= 0.6 is 12.2 Å². The Labute approximate surface area is 95.9 Å². The topological polar surface area (TPSA) is 12.5 Å². The van der Waals surface area contributed by atoms with Crippen LogP contribution in [0.3, 0.4) is 0 Å². The van der Waals surface area contributed by atoms with E-state index < -0.39 is 16.6 Å². The second-order valence-corrected chi connectivity index (χ2v) is 15.6. The number of nitrogens with zero attached hydrogens (tertiary/aromatic N) is 1. The zero-order valence-electron chi connectivity index (χ0n) is 10.5. The molecule has 0 aromatic carbocycles. The van der Waals surface area contributed by atoms with E-state index in [1.807, 2.05) is 0 Å². The summed E-state index contributed by atoms with van der Waals surface area (Å²) in [7, 11) is -0.585. The van der Waals surface area contributed by atoms with Gasteiger partial charge in [0, 0.05) is 0 Å². The first kappa shape index (κ1) is 14.3. The summed E-state index contributed by atoms with van der Waals surface area (Å²) in [5, 5.41) is 0.758. The first-order valence-electron chi connectivity index (χ1n) is 4.95. The Balaban J connectivity index is 4.09. The molecule has 0 aliphatic carbocycles. The van der Waals surface area contributed by atoms with Crippen LogP contribution < -0.4 is 0 Å². The molecule has 0 aromatic heterocycles. The van der Waals surface area contributed by atoms with Crippen molar-refractivity contribution in [2.45, 2.75) is 39.3 Å². The van der Waals surface area contributed by atoms with Crippen LogP contribution in [0.5, 0.6) is 0 Å². The Morgan fingerprint density at radius 2 is 1.57 bits per heavy atom. The Hall–Kier alpha value is 0.284. The fraction of sp³-hybridized carbons (Fsp3) is 0.889. The summed E-state index contributed by atoms with van der Waals surface area (Å²) in [5.41, 5.74) is 0. The van der Waals surface area contributed by atoms with E-state index in [-0.39, 0.29) is 0 Å². The van der Waals surface area contributed by atoms with Gasteiger partial charge in [0.15, 0.2) is 5.05 Å². The predicted octanol–water partition coefficient (Wildman–Crippen LogP) is 2.93. The minimum atomic E-state index is -1.50. The molecule has 0 aromatic rings. The smallest absolute Gasteiger partial charge is 0.242 e. The maximum Gasteiger partial charge on any atom is 0.242 e. The van der Waals surface area contributed by atoms with Crippen molar-refractivity contribution in [3.63, 3.8) is 0 Å². The average Bonchev–Trinajstić information content (AvgIpc) is 1.79. The lowest BCUT2D eigenvalue weighted by Gasteiger charge is -2.31. The van der Waals surface area contributed by atoms with Crippen molar-refractivity contribution in [3.05, 3.63) is 0 Å². The van der Waals surface area contributed by atoms with Gasteiger partial charge in [-0.15, -0.1) is 0 Å². The molecule has 84 valence electrons. The third-order valence-corrected chi connectivity index (χ3v) is 5.60. The van der Waals surface area contributed by atoms with E-state index in [9.17, 15) is 0 Å². The SMILES string of the molecule is CN(CC(=S)O[Si](C)(C)C)[Si](C)(C)C. The molecular weight excluding hydrogens is 226 g/mol. The van der Waals surface area contributed by atoms with Gasteiger partial charge >= 0.3 is 0 Å². The second-order valence-electron chi connectivity index (χ2n) is 5.61. The summed E-state index contributed by atoms with van der Waals surface area (Å²) in [5.74, 6) is 0. The number of rotatable bonds is 4. The summed E-state index contributed by atoms with van der Waals surface area (Å²) in [6.45, 7) is 14.2. The summed E-state index contributed by atoms with van der Waals surface area (Å²) < 4.78 is 8.10. The van der Waals surface area contributed by atoms with Gasteiger partial charge < -0.3 is 8.99 Å². The van der Waals surface area contributed by atoms with E-state index in [1.54, 1.807) is 0 Å². The molecule has 0 atom stereocenters. The molecule has 0 fully saturated rings. The Kier molecular flexibility index (Phi) is 4.97. The van der Waals surface area contributed by atoms with Crippen LogP contribution in [0.25, 0.3) is 0 Å². The molecule has 0 rings (SSSR count). The van der Waals surface area contributed by atoms with Gasteiger partial charge in [0.25, 0.3) is 0 Å². The highest BCUT2D eigenvalue weighted by molar-refractivity contribution is 7.80. The molecule has 0 aliphatic heterocycles. The lowest BCUT2D eigenvalue weighted by Crippen LogP contribution is -2.47. The summed E-state index contributed by atoms with van der Waals surface area (Å²) in [6.07, 6.45) is 0. The molecule has 0 bridgehead atoms. The quantitative estimate of drug-likeness (QED) is 0.561. The van der Waals surface area contributed by atoms with Gasteiger partial charge in [0.2, 0.25) is 8.32 Å². The normalized spacial score (nSPS) is 13.1. The summed E-state index contributed by atoms with van der Waals surface area (Å²) in [4.78, 5) is 0. The summed E-state index contributed by atoms with van der Waals surface area (Å²) >= 11 is 5.24.